The van der Waals surface area contributed by atoms with Crippen LogP contribution in [0.2, 0.25) is 19.6 Å². The monoisotopic (exact) mass is 379 g/mol. The van der Waals surface area contributed by atoms with E-state index >= 15 is 0 Å². The highest BCUT2D eigenvalue weighted by Crippen LogP contribution is 2.16. The molecule has 0 saturated heterocycles. The van der Waals surface area contributed by atoms with E-state index in [0.29, 0.717) is 18.8 Å². The summed E-state index contributed by atoms with van der Waals surface area (Å²) in [5, 5.41) is 10.2. The zero-order valence-corrected chi connectivity index (χ0v) is 18.6. The first kappa shape index (κ1) is 24.4. The van der Waals surface area contributed by atoms with E-state index in [1.54, 1.807) is 17.2 Å². The van der Waals surface area contributed by atoms with Crippen molar-refractivity contribution in [2.24, 2.45) is 10.7 Å². The van der Waals surface area contributed by atoms with Gasteiger partial charge in [0.15, 0.2) is 0 Å². The number of nitrogens with zero attached hydrogens (tertiary/aromatic N) is 2. The smallest absolute Gasteiger partial charge is 0.254 e. The van der Waals surface area contributed by atoms with Crippen LogP contribution in [-0.2, 0) is 4.79 Å². The van der Waals surface area contributed by atoms with Crippen LogP contribution in [0.3, 0.4) is 0 Å². The Morgan fingerprint density at radius 3 is 2.42 bits per heavy atom. The van der Waals surface area contributed by atoms with Crippen molar-refractivity contribution in [3.05, 3.63) is 11.9 Å². The first-order chi connectivity index (χ1) is 11.9. The van der Waals surface area contributed by atoms with Gasteiger partial charge in [-0.2, -0.15) is 0 Å². The van der Waals surface area contributed by atoms with E-state index in [4.69, 9.17) is 5.73 Å². The molecule has 3 N–H and O–H groups in total. The quantitative estimate of drug-likeness (QED) is 0.366. The van der Waals surface area contributed by atoms with Crippen molar-refractivity contribution in [2.45, 2.75) is 84.7 Å². The topological polar surface area (TPSA) is 78.9 Å². The molecule has 1 amide bonds. The molecule has 5 nitrogen and oxygen atoms in total. The number of hydrogen-bond donors (Lipinski definition) is 2. The van der Waals surface area contributed by atoms with Gasteiger partial charge in [0.2, 0.25) is 0 Å². The Morgan fingerprint density at radius 1 is 1.35 bits per heavy atom. The number of carbonyl (C=O) groups is 1. The maximum absolute atomic E-state index is 12.8. The van der Waals surface area contributed by atoms with Crippen LogP contribution in [0, 0.1) is 11.5 Å². The number of nitrogens with two attached hydrogens (primary N) is 1. The number of hydrogen-bond acceptors (Lipinski definition) is 4. The van der Waals surface area contributed by atoms with Crippen LogP contribution in [0.1, 0.15) is 53.4 Å². The summed E-state index contributed by atoms with van der Waals surface area (Å²) in [6, 6.07) is -0.307. The minimum atomic E-state index is -1.50. The SMILES string of the molecule is CCC=NC(N)=CC(CC#C[Si](C)(C)C)N(CCCC)C(=O)C(C)(C)O. The second-order valence-corrected chi connectivity index (χ2v) is 12.8. The maximum Gasteiger partial charge on any atom is 0.254 e. The molecule has 0 aromatic heterocycles. The molecule has 26 heavy (non-hydrogen) atoms. The van der Waals surface area contributed by atoms with Crippen LogP contribution in [0.5, 0.6) is 0 Å². The van der Waals surface area contributed by atoms with Crippen molar-refractivity contribution in [1.29, 1.82) is 0 Å². The number of carbonyl (C=O) groups excluding carboxylic acids is 1. The fourth-order valence-corrected chi connectivity index (χ4v) is 2.85. The zero-order valence-electron chi connectivity index (χ0n) is 17.6. The Morgan fingerprint density at radius 2 is 1.96 bits per heavy atom. The molecule has 0 saturated carbocycles. The molecule has 0 aliphatic heterocycles. The lowest BCUT2D eigenvalue weighted by Crippen LogP contribution is -2.50. The summed E-state index contributed by atoms with van der Waals surface area (Å²) in [5.74, 6) is 3.30. The number of rotatable bonds is 9. The highest BCUT2D eigenvalue weighted by molar-refractivity contribution is 6.83. The molecule has 0 aromatic rings. The second kappa shape index (κ2) is 11.2. The minimum Gasteiger partial charge on any atom is -0.384 e. The average molecular weight is 380 g/mol. The number of unbranched alkanes of at least 4 members (excludes halogenated alkanes) is 1. The molecule has 0 bridgehead atoms. The summed E-state index contributed by atoms with van der Waals surface area (Å²) in [4.78, 5) is 18.7. The number of aliphatic imine (C=N–C) groups is 1. The molecule has 6 heteroatoms. The molecular formula is C20H37N3O2Si. The van der Waals surface area contributed by atoms with Gasteiger partial charge in [-0.25, -0.2) is 4.99 Å². The minimum absolute atomic E-state index is 0.307. The van der Waals surface area contributed by atoms with E-state index < -0.39 is 13.7 Å². The van der Waals surface area contributed by atoms with E-state index in [2.05, 4.69) is 43.0 Å². The summed E-state index contributed by atoms with van der Waals surface area (Å²) in [7, 11) is -1.50. The molecule has 0 aromatic carbocycles. The predicted octanol–water partition coefficient (Wildman–Crippen LogP) is 3.31. The summed E-state index contributed by atoms with van der Waals surface area (Å²) in [5.41, 5.74) is 7.92. The first-order valence-corrected chi connectivity index (χ1v) is 13.0. The van der Waals surface area contributed by atoms with E-state index in [0.717, 1.165) is 19.3 Å². The molecular weight excluding hydrogens is 342 g/mol. The van der Waals surface area contributed by atoms with Gasteiger partial charge in [0.1, 0.15) is 19.5 Å². The fraction of sp³-hybridized carbons (Fsp3) is 0.700. The third-order valence-electron chi connectivity index (χ3n) is 3.50. The highest BCUT2D eigenvalue weighted by Gasteiger charge is 2.32. The van der Waals surface area contributed by atoms with Crippen LogP contribution < -0.4 is 5.73 Å². The number of aliphatic hydroxyl groups is 1. The van der Waals surface area contributed by atoms with Crippen LogP contribution in [0.25, 0.3) is 0 Å². The molecule has 1 atom stereocenters. The van der Waals surface area contributed by atoms with E-state index in [-0.39, 0.29) is 11.9 Å². The van der Waals surface area contributed by atoms with Gasteiger partial charge < -0.3 is 15.7 Å². The summed E-state index contributed by atoms with van der Waals surface area (Å²) < 4.78 is 0. The van der Waals surface area contributed by atoms with E-state index in [1.165, 1.54) is 13.8 Å². The van der Waals surface area contributed by atoms with Crippen molar-refractivity contribution in [3.63, 3.8) is 0 Å². The lowest BCUT2D eigenvalue weighted by atomic mass is 10.0. The standard InChI is InChI=1S/C20H37N3O2Si/c1-8-10-14-23(19(24)20(3,4)25)17(12-11-15-26(5,6)7)16-18(21)22-13-9-2/h13,16-17,25H,8-10,12,14,21H2,1-7H3. The molecule has 0 spiro atoms. The third-order valence-corrected chi connectivity index (χ3v) is 4.42. The Labute approximate surface area is 160 Å². The third kappa shape index (κ3) is 10.4. The van der Waals surface area contributed by atoms with Gasteiger partial charge in [-0.05, 0) is 32.8 Å². The van der Waals surface area contributed by atoms with Crippen molar-refractivity contribution in [2.75, 3.05) is 6.54 Å². The van der Waals surface area contributed by atoms with Crippen molar-refractivity contribution in [1.82, 2.24) is 4.90 Å². The Kier molecular flexibility index (Phi) is 10.5. The molecule has 0 fully saturated rings. The van der Waals surface area contributed by atoms with Crippen LogP contribution in [0.4, 0.5) is 0 Å². The Balaban J connectivity index is 5.79. The molecule has 148 valence electrons. The van der Waals surface area contributed by atoms with Gasteiger partial charge in [0.25, 0.3) is 5.91 Å². The fourth-order valence-electron chi connectivity index (χ4n) is 2.21. The molecule has 0 rings (SSSR count). The lowest BCUT2D eigenvalue weighted by Gasteiger charge is -2.33. The molecule has 0 aliphatic carbocycles. The molecule has 0 radical (unpaired) electrons. The van der Waals surface area contributed by atoms with Crippen LogP contribution in [0.15, 0.2) is 16.9 Å². The normalized spacial score (nSPS) is 14.1. The molecule has 1 unspecified atom stereocenters. The average Bonchev–Trinajstić information content (AvgIpc) is 2.50. The second-order valence-electron chi connectivity index (χ2n) is 8.05. The molecule has 0 aliphatic rings. The van der Waals surface area contributed by atoms with Gasteiger partial charge >= 0.3 is 0 Å². The van der Waals surface area contributed by atoms with Crippen molar-refractivity contribution in [3.8, 4) is 11.5 Å². The highest BCUT2D eigenvalue weighted by atomic mass is 28.3. The van der Waals surface area contributed by atoms with Gasteiger partial charge in [0.05, 0.1) is 6.04 Å². The lowest BCUT2D eigenvalue weighted by molar-refractivity contribution is -0.149. The predicted molar refractivity (Wildman–Crippen MR) is 113 cm³/mol. The molecule has 0 heterocycles. The summed E-state index contributed by atoms with van der Waals surface area (Å²) in [6.07, 6.45) is 6.60. The first-order valence-electron chi connectivity index (χ1n) is 9.45. The Bertz CT molecular complexity index is 560. The van der Waals surface area contributed by atoms with Gasteiger partial charge in [-0.15, -0.1) is 11.5 Å². The van der Waals surface area contributed by atoms with Crippen molar-refractivity contribution < 1.29 is 9.90 Å². The number of amides is 1. The van der Waals surface area contributed by atoms with Gasteiger partial charge in [-0.1, -0.05) is 39.9 Å². The van der Waals surface area contributed by atoms with E-state index in [9.17, 15) is 9.90 Å². The van der Waals surface area contributed by atoms with Crippen molar-refractivity contribution >= 4 is 20.2 Å². The summed E-state index contributed by atoms with van der Waals surface area (Å²) in [6.45, 7) is 14.2. The van der Waals surface area contributed by atoms with Gasteiger partial charge in [-0.3, -0.25) is 4.79 Å². The summed E-state index contributed by atoms with van der Waals surface area (Å²) >= 11 is 0. The van der Waals surface area contributed by atoms with Crippen LogP contribution >= 0.6 is 0 Å². The van der Waals surface area contributed by atoms with E-state index in [1.807, 2.05) is 6.92 Å². The van der Waals surface area contributed by atoms with Crippen LogP contribution in [-0.4, -0.2) is 48.4 Å². The zero-order chi connectivity index (χ0) is 20.4. The largest absolute Gasteiger partial charge is 0.384 e. The Hall–Kier alpha value is -1.58. The van der Waals surface area contributed by atoms with Gasteiger partial charge in [0, 0.05) is 19.2 Å². The maximum atomic E-state index is 12.8.